The Hall–Kier alpha value is -1.55. The van der Waals surface area contributed by atoms with Crippen molar-refractivity contribution in [2.75, 3.05) is 13.6 Å². The smallest absolute Gasteiger partial charge is 0.134 e. The Morgan fingerprint density at radius 3 is 2.83 bits per heavy atom. The molecule has 0 spiro atoms. The number of rotatable bonds is 6. The third-order valence-corrected chi connectivity index (χ3v) is 5.20. The van der Waals surface area contributed by atoms with Crippen LogP contribution in [0.5, 0.6) is 5.75 Å². The molecule has 1 heterocycles. The number of thiophene rings is 1. The fourth-order valence-corrected chi connectivity index (χ4v) is 3.81. The first-order chi connectivity index (χ1) is 11.2. The van der Waals surface area contributed by atoms with Crippen LogP contribution in [0.2, 0.25) is 5.02 Å². The van der Waals surface area contributed by atoms with Crippen molar-refractivity contribution in [3.8, 4) is 5.75 Å². The Balaban J connectivity index is 1.93. The molecule has 0 aliphatic rings. The highest BCUT2D eigenvalue weighted by Crippen LogP contribution is 2.34. The Labute approximate surface area is 146 Å². The van der Waals surface area contributed by atoms with Gasteiger partial charge in [0.2, 0.25) is 0 Å². The van der Waals surface area contributed by atoms with Gasteiger partial charge in [-0.25, -0.2) is 0 Å². The number of hydrogen-bond donors (Lipinski definition) is 1. The third kappa shape index (κ3) is 3.86. The second-order valence-corrected chi connectivity index (χ2v) is 7.03. The molecule has 3 rings (SSSR count). The Morgan fingerprint density at radius 1 is 1.22 bits per heavy atom. The van der Waals surface area contributed by atoms with Crippen LogP contribution in [-0.2, 0) is 0 Å². The van der Waals surface area contributed by atoms with E-state index in [0.717, 1.165) is 34.0 Å². The van der Waals surface area contributed by atoms with Crippen LogP contribution in [0.4, 0.5) is 0 Å². The number of fused-ring (bicyclic) bond motifs is 1. The molecule has 0 amide bonds. The lowest BCUT2D eigenvalue weighted by molar-refractivity contribution is 0.201. The molecule has 120 valence electrons. The first-order valence-electron chi connectivity index (χ1n) is 7.72. The van der Waals surface area contributed by atoms with Crippen LogP contribution in [0.15, 0.2) is 47.8 Å². The number of nitrogens with one attached hydrogen (secondary N) is 1. The number of ether oxygens (including phenoxy) is 1. The summed E-state index contributed by atoms with van der Waals surface area (Å²) in [6, 6.07) is 14.7. The molecule has 3 aromatic rings. The summed E-state index contributed by atoms with van der Waals surface area (Å²) in [5.41, 5.74) is 1.26. The van der Waals surface area contributed by atoms with Crippen molar-refractivity contribution in [1.82, 2.24) is 5.32 Å². The van der Waals surface area contributed by atoms with E-state index in [0.29, 0.717) is 0 Å². The van der Waals surface area contributed by atoms with Gasteiger partial charge in [0, 0.05) is 22.1 Å². The first-order valence-corrected chi connectivity index (χ1v) is 8.97. The predicted molar refractivity (Wildman–Crippen MR) is 99.9 cm³/mol. The number of halogens is 1. The molecule has 0 saturated heterocycles. The molecule has 1 N–H and O–H groups in total. The maximum Gasteiger partial charge on any atom is 0.134 e. The molecule has 0 saturated carbocycles. The molecular weight excluding hydrogens is 326 g/mol. The summed E-state index contributed by atoms with van der Waals surface area (Å²) in [5.74, 6) is 0.924. The fraction of sp³-hybridized carbons (Fsp3) is 0.263. The lowest BCUT2D eigenvalue weighted by Gasteiger charge is -2.19. The molecule has 0 aliphatic heterocycles. The zero-order valence-corrected chi connectivity index (χ0v) is 14.9. The molecule has 4 heteroatoms. The highest BCUT2D eigenvalue weighted by atomic mass is 35.5. The van der Waals surface area contributed by atoms with Gasteiger partial charge in [-0.2, -0.15) is 0 Å². The topological polar surface area (TPSA) is 21.3 Å². The van der Waals surface area contributed by atoms with Gasteiger partial charge in [-0.1, -0.05) is 47.5 Å². The van der Waals surface area contributed by atoms with E-state index >= 15 is 0 Å². The van der Waals surface area contributed by atoms with E-state index in [1.807, 2.05) is 30.6 Å². The third-order valence-electron chi connectivity index (χ3n) is 3.83. The molecule has 0 aliphatic carbocycles. The van der Waals surface area contributed by atoms with Crippen LogP contribution in [0.3, 0.4) is 0 Å². The average Bonchev–Trinajstić information content (AvgIpc) is 2.97. The van der Waals surface area contributed by atoms with Gasteiger partial charge in [0.15, 0.2) is 0 Å². The standard InChI is InChI=1S/C19H20ClNOS/c1-13-6-7-16-14(10-13)4-3-5-17(16)22-18(8-9-21-2)19-11-15(20)12-23-19/h3-7,10-12,18,21H,8-9H2,1-2H3. The molecule has 0 bridgehead atoms. The predicted octanol–water partition coefficient (Wildman–Crippen LogP) is 5.59. The lowest BCUT2D eigenvalue weighted by Crippen LogP contribution is -2.15. The van der Waals surface area contributed by atoms with E-state index in [1.165, 1.54) is 10.9 Å². The normalized spacial score (nSPS) is 12.5. The Morgan fingerprint density at radius 2 is 2.09 bits per heavy atom. The molecule has 1 aromatic heterocycles. The monoisotopic (exact) mass is 345 g/mol. The number of hydrogen-bond acceptors (Lipinski definition) is 3. The highest BCUT2D eigenvalue weighted by Gasteiger charge is 2.16. The van der Waals surface area contributed by atoms with E-state index in [4.69, 9.17) is 16.3 Å². The van der Waals surface area contributed by atoms with Gasteiger partial charge in [-0.05, 0) is 38.0 Å². The van der Waals surface area contributed by atoms with Gasteiger partial charge in [-0.15, -0.1) is 11.3 Å². The van der Waals surface area contributed by atoms with Crippen molar-refractivity contribution in [3.05, 3.63) is 63.3 Å². The number of aryl methyl sites for hydroxylation is 1. The maximum absolute atomic E-state index is 6.38. The van der Waals surface area contributed by atoms with Gasteiger partial charge in [0.25, 0.3) is 0 Å². The highest BCUT2D eigenvalue weighted by molar-refractivity contribution is 7.10. The molecule has 0 radical (unpaired) electrons. The second-order valence-electron chi connectivity index (χ2n) is 5.65. The zero-order chi connectivity index (χ0) is 16.2. The molecule has 1 unspecified atom stereocenters. The molecular formula is C19H20ClNOS. The van der Waals surface area contributed by atoms with E-state index in [-0.39, 0.29) is 6.10 Å². The summed E-state index contributed by atoms with van der Waals surface area (Å²) in [4.78, 5) is 1.16. The summed E-state index contributed by atoms with van der Waals surface area (Å²) in [6.45, 7) is 3.00. The minimum absolute atomic E-state index is 0.00635. The SMILES string of the molecule is CNCCC(Oc1cccc2cc(C)ccc12)c1cc(Cl)cs1. The molecule has 2 aromatic carbocycles. The van der Waals surface area contributed by atoms with E-state index in [1.54, 1.807) is 11.3 Å². The summed E-state index contributed by atoms with van der Waals surface area (Å²) < 4.78 is 6.38. The van der Waals surface area contributed by atoms with Gasteiger partial charge in [-0.3, -0.25) is 0 Å². The van der Waals surface area contributed by atoms with Crippen molar-refractivity contribution < 1.29 is 4.74 Å². The maximum atomic E-state index is 6.38. The number of benzene rings is 2. The van der Waals surface area contributed by atoms with Crippen LogP contribution in [0.1, 0.15) is 23.0 Å². The van der Waals surface area contributed by atoms with Crippen molar-refractivity contribution in [1.29, 1.82) is 0 Å². The minimum Gasteiger partial charge on any atom is -0.484 e. The van der Waals surface area contributed by atoms with Crippen molar-refractivity contribution in [2.45, 2.75) is 19.4 Å². The van der Waals surface area contributed by atoms with Crippen molar-refractivity contribution in [3.63, 3.8) is 0 Å². The van der Waals surface area contributed by atoms with Crippen LogP contribution < -0.4 is 10.1 Å². The summed E-state index contributed by atoms with van der Waals surface area (Å²) in [5, 5.41) is 8.28. The van der Waals surface area contributed by atoms with Crippen LogP contribution in [0.25, 0.3) is 10.8 Å². The van der Waals surface area contributed by atoms with Gasteiger partial charge in [0.1, 0.15) is 11.9 Å². The summed E-state index contributed by atoms with van der Waals surface area (Å²) in [6.07, 6.45) is 0.905. The van der Waals surface area contributed by atoms with Crippen LogP contribution in [0, 0.1) is 6.92 Å². The van der Waals surface area contributed by atoms with E-state index in [9.17, 15) is 0 Å². The van der Waals surface area contributed by atoms with Gasteiger partial charge < -0.3 is 10.1 Å². The summed E-state index contributed by atoms with van der Waals surface area (Å²) >= 11 is 7.74. The Kier molecular flexibility index (Phi) is 5.21. The molecule has 23 heavy (non-hydrogen) atoms. The molecule has 0 fully saturated rings. The molecule has 2 nitrogen and oxygen atoms in total. The fourth-order valence-electron chi connectivity index (χ4n) is 2.66. The molecule has 1 atom stereocenters. The zero-order valence-electron chi connectivity index (χ0n) is 13.3. The van der Waals surface area contributed by atoms with Crippen molar-refractivity contribution in [2.24, 2.45) is 0 Å². The van der Waals surface area contributed by atoms with E-state index < -0.39 is 0 Å². The quantitative estimate of drug-likeness (QED) is 0.628. The van der Waals surface area contributed by atoms with Gasteiger partial charge in [0.05, 0.1) is 5.02 Å². The van der Waals surface area contributed by atoms with Gasteiger partial charge >= 0.3 is 0 Å². The first kappa shape index (κ1) is 16.3. The van der Waals surface area contributed by atoms with Crippen LogP contribution in [-0.4, -0.2) is 13.6 Å². The lowest BCUT2D eigenvalue weighted by atomic mass is 10.1. The van der Waals surface area contributed by atoms with E-state index in [2.05, 4.69) is 36.5 Å². The average molecular weight is 346 g/mol. The Bertz CT molecular complexity index is 799. The van der Waals surface area contributed by atoms with Crippen LogP contribution >= 0.6 is 22.9 Å². The van der Waals surface area contributed by atoms with Crippen molar-refractivity contribution >= 4 is 33.7 Å². The summed E-state index contributed by atoms with van der Waals surface area (Å²) in [7, 11) is 1.96. The minimum atomic E-state index is 0.00635. The largest absolute Gasteiger partial charge is 0.484 e. The second kappa shape index (κ2) is 7.35.